The number of carbonyl (C=O) groups is 1. The van der Waals surface area contributed by atoms with Gasteiger partial charge in [-0.15, -0.1) is 0 Å². The fraction of sp³-hybridized carbons (Fsp3) is 0.278. The van der Waals surface area contributed by atoms with Gasteiger partial charge in [0.15, 0.2) is 0 Å². The quantitative estimate of drug-likeness (QED) is 0.861. The average Bonchev–Trinajstić information content (AvgIpc) is 2.81. The van der Waals surface area contributed by atoms with Gasteiger partial charge >= 0.3 is 0 Å². The minimum absolute atomic E-state index is 0.204. The zero-order valence-corrected chi connectivity index (χ0v) is 11.9. The van der Waals surface area contributed by atoms with Crippen LogP contribution in [0.2, 0.25) is 0 Å². The van der Waals surface area contributed by atoms with Crippen molar-refractivity contribution in [2.45, 2.75) is 19.1 Å². The first-order valence-electron chi connectivity index (χ1n) is 7.46. The van der Waals surface area contributed by atoms with Crippen LogP contribution in [0.4, 0.5) is 0 Å². The van der Waals surface area contributed by atoms with E-state index in [0.717, 1.165) is 31.7 Å². The molecule has 0 radical (unpaired) electrons. The molecular weight excluding hydrogens is 260 g/mol. The van der Waals surface area contributed by atoms with Crippen LogP contribution in [0.15, 0.2) is 54.6 Å². The first-order chi connectivity index (χ1) is 10.3. The van der Waals surface area contributed by atoms with Gasteiger partial charge in [0.05, 0.1) is 6.04 Å². The van der Waals surface area contributed by atoms with E-state index < -0.39 is 0 Å². The molecule has 1 amide bonds. The van der Waals surface area contributed by atoms with E-state index in [0.29, 0.717) is 6.04 Å². The van der Waals surface area contributed by atoms with Gasteiger partial charge in [0, 0.05) is 31.7 Å². The number of hydrogen-bond donors (Lipinski definition) is 0. The molecule has 0 aliphatic carbocycles. The van der Waals surface area contributed by atoms with Crippen molar-refractivity contribution >= 4 is 5.91 Å². The molecule has 1 fully saturated rings. The lowest BCUT2D eigenvalue weighted by atomic mass is 10.1. The second kappa shape index (κ2) is 5.01. The van der Waals surface area contributed by atoms with Crippen molar-refractivity contribution in [3.63, 3.8) is 0 Å². The molecule has 0 N–H and O–H groups in total. The summed E-state index contributed by atoms with van der Waals surface area (Å²) in [6.07, 6.45) is 0. The molecule has 4 rings (SSSR count). The monoisotopic (exact) mass is 278 g/mol. The number of amides is 1. The van der Waals surface area contributed by atoms with Crippen LogP contribution in [0, 0.1) is 0 Å². The van der Waals surface area contributed by atoms with Crippen molar-refractivity contribution in [3.8, 4) is 0 Å². The largest absolute Gasteiger partial charge is 0.329 e. The number of benzene rings is 2. The Morgan fingerprint density at radius 2 is 1.67 bits per heavy atom. The first kappa shape index (κ1) is 12.6. The van der Waals surface area contributed by atoms with Crippen molar-refractivity contribution in [3.05, 3.63) is 71.3 Å². The molecule has 3 nitrogen and oxygen atoms in total. The summed E-state index contributed by atoms with van der Waals surface area (Å²) in [5, 5.41) is 0. The van der Waals surface area contributed by atoms with Crippen molar-refractivity contribution in [2.75, 3.05) is 13.1 Å². The molecule has 0 saturated carbocycles. The summed E-state index contributed by atoms with van der Waals surface area (Å²) in [7, 11) is 0. The number of nitrogens with zero attached hydrogens (tertiary/aromatic N) is 2. The van der Waals surface area contributed by atoms with E-state index in [-0.39, 0.29) is 5.91 Å². The summed E-state index contributed by atoms with van der Waals surface area (Å²) in [6, 6.07) is 18.8. The van der Waals surface area contributed by atoms with Crippen LogP contribution >= 0.6 is 0 Å². The van der Waals surface area contributed by atoms with Crippen LogP contribution in [0.25, 0.3) is 0 Å². The number of fused-ring (bicyclic) bond motifs is 1. The molecule has 21 heavy (non-hydrogen) atoms. The molecule has 2 aromatic rings. The summed E-state index contributed by atoms with van der Waals surface area (Å²) in [6.45, 7) is 3.72. The lowest BCUT2D eigenvalue weighted by Crippen LogP contribution is -2.58. The van der Waals surface area contributed by atoms with E-state index in [1.54, 1.807) is 0 Å². The van der Waals surface area contributed by atoms with Gasteiger partial charge in [0.25, 0.3) is 5.91 Å². The smallest absolute Gasteiger partial charge is 0.254 e. The highest BCUT2D eigenvalue weighted by Gasteiger charge is 2.38. The maximum Gasteiger partial charge on any atom is 0.254 e. The molecule has 2 heterocycles. The van der Waals surface area contributed by atoms with Crippen molar-refractivity contribution in [2.24, 2.45) is 0 Å². The van der Waals surface area contributed by atoms with E-state index in [2.05, 4.69) is 35.2 Å². The maximum atomic E-state index is 12.4. The van der Waals surface area contributed by atoms with Gasteiger partial charge in [-0.2, -0.15) is 0 Å². The Kier molecular flexibility index (Phi) is 3.00. The predicted octanol–water partition coefficient (Wildman–Crippen LogP) is 2.53. The summed E-state index contributed by atoms with van der Waals surface area (Å²) >= 11 is 0. The fourth-order valence-electron chi connectivity index (χ4n) is 3.28. The highest BCUT2D eigenvalue weighted by atomic mass is 16.2. The highest BCUT2D eigenvalue weighted by Crippen LogP contribution is 2.28. The Morgan fingerprint density at radius 3 is 2.43 bits per heavy atom. The zero-order chi connectivity index (χ0) is 14.2. The molecule has 2 aliphatic rings. The normalized spacial score (nSPS) is 18.7. The lowest BCUT2D eigenvalue weighted by Gasteiger charge is -2.44. The maximum absolute atomic E-state index is 12.4. The second-order valence-corrected chi connectivity index (χ2v) is 5.92. The fourth-order valence-corrected chi connectivity index (χ4v) is 3.28. The van der Waals surface area contributed by atoms with Crippen LogP contribution in [0.1, 0.15) is 21.5 Å². The Labute approximate surface area is 124 Å². The van der Waals surface area contributed by atoms with Crippen LogP contribution in [0.3, 0.4) is 0 Å². The van der Waals surface area contributed by atoms with Crippen LogP contribution < -0.4 is 0 Å². The number of likely N-dealkylation sites (tertiary alicyclic amines) is 1. The molecule has 0 bridgehead atoms. The van der Waals surface area contributed by atoms with Gasteiger partial charge in [-0.3, -0.25) is 9.69 Å². The summed E-state index contributed by atoms with van der Waals surface area (Å²) < 4.78 is 0. The van der Waals surface area contributed by atoms with Gasteiger partial charge in [0.2, 0.25) is 0 Å². The zero-order valence-electron chi connectivity index (χ0n) is 11.9. The predicted molar refractivity (Wildman–Crippen MR) is 81.8 cm³/mol. The van der Waals surface area contributed by atoms with E-state index in [4.69, 9.17) is 0 Å². The van der Waals surface area contributed by atoms with Crippen molar-refractivity contribution in [1.82, 2.24) is 9.80 Å². The molecule has 3 heteroatoms. The Bertz CT molecular complexity index is 662. The van der Waals surface area contributed by atoms with E-state index >= 15 is 0 Å². The molecule has 0 aromatic heterocycles. The molecule has 0 spiro atoms. The molecule has 1 saturated heterocycles. The summed E-state index contributed by atoms with van der Waals surface area (Å²) in [5.74, 6) is 0.204. The highest BCUT2D eigenvalue weighted by molar-refractivity contribution is 5.98. The van der Waals surface area contributed by atoms with Crippen LogP contribution in [-0.4, -0.2) is 34.8 Å². The van der Waals surface area contributed by atoms with E-state index in [1.807, 2.05) is 29.2 Å². The number of carbonyl (C=O) groups excluding carboxylic acids is 1. The molecule has 0 atom stereocenters. The number of rotatable bonds is 3. The minimum Gasteiger partial charge on any atom is -0.329 e. The summed E-state index contributed by atoms with van der Waals surface area (Å²) in [4.78, 5) is 16.8. The third kappa shape index (κ3) is 2.24. The van der Waals surface area contributed by atoms with E-state index in [9.17, 15) is 4.79 Å². The van der Waals surface area contributed by atoms with Crippen molar-refractivity contribution < 1.29 is 4.79 Å². The molecule has 2 aliphatic heterocycles. The molecule has 0 unspecified atom stereocenters. The van der Waals surface area contributed by atoms with Gasteiger partial charge in [-0.25, -0.2) is 0 Å². The lowest BCUT2D eigenvalue weighted by molar-refractivity contribution is 0.0253. The Hall–Kier alpha value is -2.13. The van der Waals surface area contributed by atoms with Gasteiger partial charge in [-0.1, -0.05) is 48.5 Å². The first-order valence-corrected chi connectivity index (χ1v) is 7.46. The number of hydrogen-bond acceptors (Lipinski definition) is 2. The van der Waals surface area contributed by atoms with Gasteiger partial charge < -0.3 is 4.90 Å². The van der Waals surface area contributed by atoms with Crippen molar-refractivity contribution in [1.29, 1.82) is 0 Å². The van der Waals surface area contributed by atoms with E-state index in [1.165, 1.54) is 11.1 Å². The standard InChI is InChI=1S/C18H18N2O/c21-18-17-9-5-4-8-15(17)11-20(18)16-12-19(13-16)10-14-6-2-1-3-7-14/h1-9,16H,10-13H2. The Balaban J connectivity index is 1.38. The third-order valence-corrected chi connectivity index (χ3v) is 4.48. The molecule has 106 valence electrons. The second-order valence-electron chi connectivity index (χ2n) is 5.92. The van der Waals surface area contributed by atoms with Gasteiger partial charge in [0.1, 0.15) is 0 Å². The molecule has 2 aromatic carbocycles. The Morgan fingerprint density at radius 1 is 0.952 bits per heavy atom. The van der Waals surface area contributed by atoms with Crippen LogP contribution in [0.5, 0.6) is 0 Å². The third-order valence-electron chi connectivity index (χ3n) is 4.48. The van der Waals surface area contributed by atoms with Gasteiger partial charge in [-0.05, 0) is 17.2 Å². The molecular formula is C18H18N2O. The summed E-state index contributed by atoms with van der Waals surface area (Å²) in [5.41, 5.74) is 3.40. The van der Waals surface area contributed by atoms with Crippen LogP contribution in [-0.2, 0) is 13.1 Å². The average molecular weight is 278 g/mol. The topological polar surface area (TPSA) is 23.6 Å². The minimum atomic E-state index is 0.204. The SMILES string of the molecule is O=C1c2ccccc2CN1C1CN(Cc2ccccc2)C1.